The molecule has 2 aliphatic rings. The highest BCUT2D eigenvalue weighted by Crippen LogP contribution is 2.52. The number of nitrogens with one attached hydrogen (secondary N) is 1. The predicted molar refractivity (Wildman–Crippen MR) is 122 cm³/mol. The Morgan fingerprint density at radius 2 is 1.81 bits per heavy atom. The highest BCUT2D eigenvalue weighted by molar-refractivity contribution is 7.98. The third-order valence-corrected chi connectivity index (χ3v) is 6.99. The monoisotopic (exact) mass is 444 g/mol. The van der Waals surface area contributed by atoms with E-state index in [1.165, 1.54) is 4.90 Å². The number of carbonyl (C=O) groups excluding carboxylic acids is 2. The van der Waals surface area contributed by atoms with Gasteiger partial charge in [0.25, 0.3) is 0 Å². The van der Waals surface area contributed by atoms with Gasteiger partial charge in [-0.1, -0.05) is 12.1 Å². The van der Waals surface area contributed by atoms with Gasteiger partial charge in [0, 0.05) is 36.3 Å². The summed E-state index contributed by atoms with van der Waals surface area (Å²) in [5.41, 5.74) is 0.848. The molecule has 0 bridgehead atoms. The van der Waals surface area contributed by atoms with Crippen molar-refractivity contribution in [3.63, 3.8) is 0 Å². The number of aryl methyl sites for hydroxylation is 1. The molecule has 1 aromatic carbocycles. The van der Waals surface area contributed by atoms with Crippen molar-refractivity contribution in [3.05, 3.63) is 23.9 Å². The van der Waals surface area contributed by atoms with Crippen LogP contribution in [0, 0.1) is 17.8 Å². The van der Waals surface area contributed by atoms with E-state index >= 15 is 0 Å². The molecular formula is C23H32N4O3S. The van der Waals surface area contributed by atoms with Crippen LogP contribution < -0.4 is 5.32 Å². The summed E-state index contributed by atoms with van der Waals surface area (Å²) in [5.74, 6) is 0.428. The third kappa shape index (κ3) is 4.02. The van der Waals surface area contributed by atoms with Crippen LogP contribution in [0.15, 0.2) is 23.1 Å². The number of para-hydroxylation sites is 1. The quantitative estimate of drug-likeness (QED) is 0.727. The minimum absolute atomic E-state index is 0.0451. The minimum Gasteiger partial charge on any atom is -0.444 e. The Labute approximate surface area is 187 Å². The van der Waals surface area contributed by atoms with Crippen LogP contribution >= 0.6 is 11.8 Å². The SMILES string of the molecule is CSc1cccc2c(C(C)(C)NC(=O)C3[C@H]4CN(C(=O)OC(C)(C)C)C[C@@H]34)nn(C)c12. The number of ether oxygens (including phenoxy) is 1. The Bertz CT molecular complexity index is 1030. The first kappa shape index (κ1) is 22.0. The van der Waals surface area contributed by atoms with Crippen molar-refractivity contribution in [2.45, 2.75) is 50.7 Å². The summed E-state index contributed by atoms with van der Waals surface area (Å²) in [4.78, 5) is 28.3. The standard InChI is InChI=1S/C23H32N4O3S/c1-22(2,3)30-21(29)27-11-14-15(12-27)17(14)20(28)24-23(4,5)19-13-9-8-10-16(31-7)18(13)26(6)25-19/h8-10,14-15,17H,11-12H2,1-7H3,(H,24,28)/t14-,15+,17?. The van der Waals surface area contributed by atoms with Crippen molar-refractivity contribution in [2.24, 2.45) is 24.8 Å². The summed E-state index contributed by atoms with van der Waals surface area (Å²) in [7, 11) is 1.94. The molecule has 2 amide bonds. The summed E-state index contributed by atoms with van der Waals surface area (Å²) >= 11 is 1.69. The molecule has 8 heteroatoms. The molecule has 31 heavy (non-hydrogen) atoms. The number of aromatic nitrogens is 2. The molecule has 7 nitrogen and oxygen atoms in total. The number of hydrogen-bond acceptors (Lipinski definition) is 5. The molecule has 0 spiro atoms. The van der Waals surface area contributed by atoms with Gasteiger partial charge in [-0.25, -0.2) is 4.79 Å². The molecule has 2 heterocycles. The number of benzene rings is 1. The maximum atomic E-state index is 13.1. The first-order valence-electron chi connectivity index (χ1n) is 10.7. The Balaban J connectivity index is 1.44. The molecule has 1 aliphatic carbocycles. The van der Waals surface area contributed by atoms with Crippen LogP contribution in [0.3, 0.4) is 0 Å². The van der Waals surface area contributed by atoms with Gasteiger partial charge >= 0.3 is 6.09 Å². The van der Waals surface area contributed by atoms with Crippen LogP contribution in [0.1, 0.15) is 40.3 Å². The molecular weight excluding hydrogens is 412 g/mol. The normalized spacial score (nSPS) is 23.1. The van der Waals surface area contributed by atoms with Crippen molar-refractivity contribution in [1.82, 2.24) is 20.0 Å². The van der Waals surface area contributed by atoms with Crippen molar-refractivity contribution in [2.75, 3.05) is 19.3 Å². The topological polar surface area (TPSA) is 76.5 Å². The number of amides is 2. The maximum Gasteiger partial charge on any atom is 0.410 e. The first-order valence-corrected chi connectivity index (χ1v) is 12.0. The van der Waals surface area contributed by atoms with Gasteiger partial charge in [-0.2, -0.15) is 5.10 Å². The van der Waals surface area contributed by atoms with Crippen LogP contribution in [0.2, 0.25) is 0 Å². The summed E-state index contributed by atoms with van der Waals surface area (Å²) in [6.45, 7) is 10.8. The van der Waals surface area contributed by atoms with Gasteiger partial charge in [-0.15, -0.1) is 11.8 Å². The fourth-order valence-corrected chi connectivity index (χ4v) is 5.42. The fraction of sp³-hybridized carbons (Fsp3) is 0.609. The zero-order valence-corrected chi connectivity index (χ0v) is 20.2. The highest BCUT2D eigenvalue weighted by atomic mass is 32.2. The summed E-state index contributed by atoms with van der Waals surface area (Å²) < 4.78 is 7.36. The zero-order chi connectivity index (χ0) is 22.7. The maximum absolute atomic E-state index is 13.1. The Morgan fingerprint density at radius 3 is 2.39 bits per heavy atom. The van der Waals surface area contributed by atoms with Gasteiger partial charge < -0.3 is 15.0 Å². The molecule has 1 saturated heterocycles. The summed E-state index contributed by atoms with van der Waals surface area (Å²) in [6.07, 6.45) is 1.77. The van der Waals surface area contributed by atoms with E-state index in [-0.39, 0.29) is 29.8 Å². The highest BCUT2D eigenvalue weighted by Gasteiger charge is 2.61. The second-order valence-corrected chi connectivity index (χ2v) is 11.0. The van der Waals surface area contributed by atoms with Gasteiger partial charge in [0.05, 0.1) is 16.7 Å². The lowest BCUT2D eigenvalue weighted by atomic mass is 9.96. The predicted octanol–water partition coefficient (Wildman–Crippen LogP) is 3.76. The van der Waals surface area contributed by atoms with Gasteiger partial charge in [-0.3, -0.25) is 9.48 Å². The molecule has 4 rings (SSSR count). The molecule has 2 fully saturated rings. The van der Waals surface area contributed by atoms with E-state index in [2.05, 4.69) is 23.7 Å². The summed E-state index contributed by atoms with van der Waals surface area (Å²) in [5, 5.41) is 9.06. The number of nitrogens with zero attached hydrogens (tertiary/aromatic N) is 3. The lowest BCUT2D eigenvalue weighted by molar-refractivity contribution is -0.125. The Kier molecular flexibility index (Phi) is 5.27. The van der Waals surface area contributed by atoms with Gasteiger partial charge in [0.2, 0.25) is 5.91 Å². The molecule has 0 radical (unpaired) electrons. The fourth-order valence-electron chi connectivity index (χ4n) is 4.77. The third-order valence-electron chi connectivity index (χ3n) is 6.22. The van der Waals surface area contributed by atoms with E-state index < -0.39 is 11.1 Å². The van der Waals surface area contributed by atoms with Crippen LogP contribution in [0.25, 0.3) is 10.9 Å². The molecule has 1 saturated carbocycles. The van der Waals surface area contributed by atoms with E-state index in [0.29, 0.717) is 13.1 Å². The van der Waals surface area contributed by atoms with Crippen LogP contribution in [0.5, 0.6) is 0 Å². The second-order valence-electron chi connectivity index (χ2n) is 10.2. The minimum atomic E-state index is -0.602. The number of thioether (sulfide) groups is 1. The van der Waals surface area contributed by atoms with E-state index in [0.717, 1.165) is 16.6 Å². The summed E-state index contributed by atoms with van der Waals surface area (Å²) in [6, 6.07) is 6.19. The molecule has 168 valence electrons. The van der Waals surface area contributed by atoms with Gasteiger partial charge in [0.15, 0.2) is 0 Å². The number of piperidine rings is 1. The number of likely N-dealkylation sites (tertiary alicyclic amines) is 1. The van der Waals surface area contributed by atoms with Gasteiger partial charge in [-0.05, 0) is 58.8 Å². The number of hydrogen-bond donors (Lipinski definition) is 1. The van der Waals surface area contributed by atoms with Gasteiger partial charge in [0.1, 0.15) is 5.60 Å². The average molecular weight is 445 g/mol. The number of fused-ring (bicyclic) bond motifs is 2. The Hall–Kier alpha value is -2.22. The van der Waals surface area contributed by atoms with Crippen LogP contribution in [0.4, 0.5) is 4.79 Å². The molecule has 1 unspecified atom stereocenters. The number of carbonyl (C=O) groups is 2. The second kappa shape index (κ2) is 7.43. The lowest BCUT2D eigenvalue weighted by Gasteiger charge is -2.27. The van der Waals surface area contributed by atoms with Crippen LogP contribution in [-0.2, 0) is 22.1 Å². The molecule has 1 N–H and O–H groups in total. The van der Waals surface area contributed by atoms with E-state index in [9.17, 15) is 9.59 Å². The molecule has 1 aliphatic heterocycles. The van der Waals surface area contributed by atoms with E-state index in [1.807, 2.05) is 52.4 Å². The van der Waals surface area contributed by atoms with Crippen molar-refractivity contribution in [3.8, 4) is 0 Å². The Morgan fingerprint density at radius 1 is 1.16 bits per heavy atom. The average Bonchev–Trinajstić information content (AvgIpc) is 2.99. The molecule has 1 aromatic heterocycles. The number of rotatable bonds is 4. The van der Waals surface area contributed by atoms with Crippen molar-refractivity contribution >= 4 is 34.7 Å². The first-order chi connectivity index (χ1) is 14.4. The van der Waals surface area contributed by atoms with E-state index in [4.69, 9.17) is 9.84 Å². The molecule has 3 atom stereocenters. The smallest absolute Gasteiger partial charge is 0.410 e. The largest absolute Gasteiger partial charge is 0.444 e. The lowest BCUT2D eigenvalue weighted by Crippen LogP contribution is -2.44. The van der Waals surface area contributed by atoms with Crippen LogP contribution in [-0.4, -0.2) is 51.6 Å². The van der Waals surface area contributed by atoms with E-state index in [1.54, 1.807) is 16.7 Å². The zero-order valence-electron chi connectivity index (χ0n) is 19.4. The van der Waals surface area contributed by atoms with Crippen molar-refractivity contribution in [1.29, 1.82) is 0 Å². The molecule has 2 aromatic rings. The van der Waals surface area contributed by atoms with Crippen molar-refractivity contribution < 1.29 is 14.3 Å².